The lowest BCUT2D eigenvalue weighted by Gasteiger charge is -2.17. The first-order valence-corrected chi connectivity index (χ1v) is 42.2. The molecule has 24 rings (SSSR count). The predicted octanol–water partition coefficient (Wildman–Crippen LogP) is 34.4. The van der Waals surface area contributed by atoms with Gasteiger partial charge in [0.1, 0.15) is 0 Å². The van der Waals surface area contributed by atoms with E-state index in [-0.39, 0.29) is 0 Å². The smallest absolute Gasteiger partial charge is 0.00987 e. The highest BCUT2D eigenvalue weighted by molar-refractivity contribution is 6.17. The molecule has 0 fully saturated rings. The van der Waals surface area contributed by atoms with Crippen LogP contribution >= 0.6 is 0 Å². The lowest BCUT2D eigenvalue weighted by atomic mass is 9.86. The zero-order valence-electron chi connectivity index (χ0n) is 67.2. The van der Waals surface area contributed by atoms with E-state index in [2.05, 4.69) is 485 Å². The molecule has 0 bridgehead atoms. The maximum Gasteiger partial charge on any atom is -0.00987 e. The predicted molar refractivity (Wildman–Crippen MR) is 526 cm³/mol. The third kappa shape index (κ3) is 13.3. The van der Waals surface area contributed by atoms with Crippen molar-refractivity contribution in [2.75, 3.05) is 0 Å². The number of fused-ring (bicyclic) bond motifs is 11. The van der Waals surface area contributed by atoms with Crippen LogP contribution in [0.1, 0.15) is 0 Å². The molecule has 0 aliphatic carbocycles. The average molecular weight is 1550 g/mol. The summed E-state index contributed by atoms with van der Waals surface area (Å²) in [6.45, 7) is 0. The topological polar surface area (TPSA) is 0 Å². The number of benzene rings is 24. The molecule has 0 heteroatoms. The zero-order valence-corrected chi connectivity index (χ0v) is 67.2. The van der Waals surface area contributed by atoms with Crippen LogP contribution < -0.4 is 0 Å². The van der Waals surface area contributed by atoms with Crippen molar-refractivity contribution in [3.05, 3.63) is 485 Å². The molecule has 0 aromatic heterocycles. The van der Waals surface area contributed by atoms with Crippen molar-refractivity contribution in [3.63, 3.8) is 0 Å². The van der Waals surface area contributed by atoms with Crippen LogP contribution in [0.2, 0.25) is 0 Å². The second kappa shape index (κ2) is 31.5. The fourth-order valence-corrected chi connectivity index (χ4v) is 19.2. The molecule has 0 radical (unpaired) electrons. The zero-order chi connectivity index (χ0) is 80.8. The Bertz CT molecular complexity index is 7680. The summed E-state index contributed by atoms with van der Waals surface area (Å²) in [6.07, 6.45) is 0. The molecule has 0 spiro atoms. The summed E-state index contributed by atoms with van der Waals surface area (Å²) in [5.41, 5.74) is 25.2. The van der Waals surface area contributed by atoms with Gasteiger partial charge in [-0.3, -0.25) is 0 Å². The third-order valence-corrected chi connectivity index (χ3v) is 25.1. The van der Waals surface area contributed by atoms with E-state index < -0.39 is 0 Å². The van der Waals surface area contributed by atoms with Crippen LogP contribution in [0.4, 0.5) is 0 Å². The van der Waals surface area contributed by atoms with Gasteiger partial charge in [-0.1, -0.05) is 473 Å². The van der Waals surface area contributed by atoms with Gasteiger partial charge in [-0.2, -0.15) is 0 Å². The summed E-state index contributed by atoms with van der Waals surface area (Å²) < 4.78 is 0. The van der Waals surface area contributed by atoms with E-state index >= 15 is 0 Å². The fraction of sp³-hybridized carbons (Fsp3) is 0. The van der Waals surface area contributed by atoms with Crippen LogP contribution in [0.5, 0.6) is 0 Å². The minimum absolute atomic E-state index is 1.23. The van der Waals surface area contributed by atoms with Crippen molar-refractivity contribution in [2.45, 2.75) is 0 Å². The van der Waals surface area contributed by atoms with E-state index in [1.54, 1.807) is 0 Å². The van der Waals surface area contributed by atoms with Crippen molar-refractivity contribution in [1.29, 1.82) is 0 Å². The summed E-state index contributed by atoms with van der Waals surface area (Å²) in [4.78, 5) is 0. The summed E-state index contributed by atoms with van der Waals surface area (Å²) in [6, 6.07) is 177. The van der Waals surface area contributed by atoms with Crippen molar-refractivity contribution < 1.29 is 0 Å². The van der Waals surface area contributed by atoms with Crippen LogP contribution in [-0.4, -0.2) is 0 Å². The first kappa shape index (κ1) is 72.6. The van der Waals surface area contributed by atoms with Gasteiger partial charge in [-0.05, 0) is 242 Å². The molecule has 24 aromatic carbocycles. The van der Waals surface area contributed by atoms with Crippen LogP contribution in [-0.2, 0) is 0 Å². The van der Waals surface area contributed by atoms with E-state index in [9.17, 15) is 0 Å². The Kier molecular flexibility index (Phi) is 18.8. The summed E-state index contributed by atoms with van der Waals surface area (Å²) in [7, 11) is 0. The molecule has 122 heavy (non-hydrogen) atoms. The molecule has 0 saturated heterocycles. The van der Waals surface area contributed by atoms with Crippen molar-refractivity contribution in [3.8, 4) is 111 Å². The Balaban J connectivity index is 0.000000109. The van der Waals surface area contributed by atoms with E-state index in [0.29, 0.717) is 0 Å². The van der Waals surface area contributed by atoms with Gasteiger partial charge in [-0.25, -0.2) is 0 Å². The standard InChI is InChI=1S/C42H28.2C40H26/c1-3-13-35-29(9-1)11-7-17-37(35)31-19-23-33(24-20-31)39-27-28-40(42-16-6-5-15-41(39)42)34-25-21-32(22-26-34)38-18-8-12-30-10-2-4-14-36(30)38;1-3-15-29-27(11-1)13-9-21-31(29)37-23-25-39(35-19-7-5-17-33(35)37)40-26-24-38(34-18-6-8-20-36(34)40)32-22-10-14-28-12-2-4-16-30(28)32;1-3-11-29-25-31(19-17-27(29)9-1)33-21-23-39(37-15-7-5-13-35(33)37)40-24-22-34(36-14-6-8-16-38(36)40)32-20-18-28-10-2-4-12-30(28)26-32/h1-28H;2*1-26H. The van der Waals surface area contributed by atoms with Gasteiger partial charge >= 0.3 is 0 Å². The first-order chi connectivity index (χ1) is 60.5. The lowest BCUT2D eigenvalue weighted by Crippen LogP contribution is -1.90. The van der Waals surface area contributed by atoms with Gasteiger partial charge in [0.15, 0.2) is 0 Å². The minimum atomic E-state index is 1.23. The lowest BCUT2D eigenvalue weighted by molar-refractivity contribution is 1.60. The largest absolute Gasteiger partial charge is 0.0616 e. The van der Waals surface area contributed by atoms with E-state index in [1.807, 2.05) is 0 Å². The maximum absolute atomic E-state index is 2.32. The Hall–Kier alpha value is -15.9. The van der Waals surface area contributed by atoms with Gasteiger partial charge in [0, 0.05) is 0 Å². The quantitative estimate of drug-likeness (QED) is 0.128. The minimum Gasteiger partial charge on any atom is -0.0616 e. The SMILES string of the molecule is c1ccc2c(-c3ccc(-c4ccc(-c5ccc(-c6cccc7ccccc67)cc5)c5ccccc45)cc3)cccc2c1.c1ccc2c(-c3ccc(-c4ccc(-c5cccc6ccccc56)c5ccccc45)c4ccccc34)cccc2c1.c1ccc2cc(-c3ccc(-c4ccc(-c5ccc6ccccc6c5)c5ccccc45)c4ccccc34)ccc2c1. The molecular weight excluding hydrogens is 1470 g/mol. The van der Waals surface area contributed by atoms with E-state index in [0.717, 1.165) is 0 Å². The molecule has 0 unspecified atom stereocenters. The highest BCUT2D eigenvalue weighted by Crippen LogP contribution is 2.47. The molecule has 0 atom stereocenters. The number of hydrogen-bond acceptors (Lipinski definition) is 0. The van der Waals surface area contributed by atoms with Gasteiger partial charge in [0.25, 0.3) is 0 Å². The molecule has 0 aliphatic rings. The van der Waals surface area contributed by atoms with Crippen LogP contribution in [0.3, 0.4) is 0 Å². The van der Waals surface area contributed by atoms with E-state index in [4.69, 9.17) is 0 Å². The Labute approximate surface area is 710 Å². The highest BCUT2D eigenvalue weighted by Gasteiger charge is 2.20. The van der Waals surface area contributed by atoms with E-state index in [1.165, 1.54) is 230 Å². The average Bonchev–Trinajstić information content (AvgIpc) is 0.757. The molecule has 0 saturated carbocycles. The van der Waals surface area contributed by atoms with Crippen LogP contribution in [0.15, 0.2) is 485 Å². The summed E-state index contributed by atoms with van der Waals surface area (Å²) >= 11 is 0. The van der Waals surface area contributed by atoms with Crippen molar-refractivity contribution in [2.24, 2.45) is 0 Å². The van der Waals surface area contributed by atoms with Crippen molar-refractivity contribution >= 4 is 118 Å². The molecule has 0 aliphatic heterocycles. The Morgan fingerprint density at radius 2 is 0.221 bits per heavy atom. The van der Waals surface area contributed by atoms with Gasteiger partial charge < -0.3 is 0 Å². The molecule has 24 aromatic rings. The summed E-state index contributed by atoms with van der Waals surface area (Å²) in [5, 5.41) is 28.0. The molecule has 0 heterocycles. The molecule has 568 valence electrons. The molecule has 0 N–H and O–H groups in total. The Morgan fingerprint density at radius 1 is 0.0738 bits per heavy atom. The second-order valence-corrected chi connectivity index (χ2v) is 31.9. The third-order valence-electron chi connectivity index (χ3n) is 25.1. The summed E-state index contributed by atoms with van der Waals surface area (Å²) in [5.74, 6) is 0. The van der Waals surface area contributed by atoms with Gasteiger partial charge in [0.2, 0.25) is 0 Å². The van der Waals surface area contributed by atoms with Gasteiger partial charge in [0.05, 0.1) is 0 Å². The second-order valence-electron chi connectivity index (χ2n) is 31.9. The Morgan fingerprint density at radius 3 is 0.475 bits per heavy atom. The molecular formula is C122H80. The maximum atomic E-state index is 2.32. The number of rotatable bonds is 10. The monoisotopic (exact) mass is 1540 g/mol. The normalized spacial score (nSPS) is 11.4. The highest BCUT2D eigenvalue weighted by atomic mass is 14.2. The number of hydrogen-bond donors (Lipinski definition) is 0. The first-order valence-electron chi connectivity index (χ1n) is 42.2. The van der Waals surface area contributed by atoms with Crippen LogP contribution in [0.25, 0.3) is 230 Å². The van der Waals surface area contributed by atoms with Crippen molar-refractivity contribution in [1.82, 2.24) is 0 Å². The van der Waals surface area contributed by atoms with Crippen LogP contribution in [0, 0.1) is 0 Å². The van der Waals surface area contributed by atoms with Gasteiger partial charge in [-0.15, -0.1) is 0 Å². The molecule has 0 amide bonds. The fourth-order valence-electron chi connectivity index (χ4n) is 19.2. The molecule has 0 nitrogen and oxygen atoms in total.